The number of benzene rings is 1. The van der Waals surface area contributed by atoms with Gasteiger partial charge in [-0.2, -0.15) is 0 Å². The van der Waals surface area contributed by atoms with Crippen molar-refractivity contribution in [2.24, 2.45) is 0 Å². The molecule has 1 saturated heterocycles. The molecule has 1 aliphatic heterocycles. The molecule has 11 nitrogen and oxygen atoms in total. The van der Waals surface area contributed by atoms with Crippen molar-refractivity contribution in [3.05, 3.63) is 48.6 Å². The fraction of sp³-hybridized carbons (Fsp3) is 0.586. The minimum atomic E-state index is -1.30. The zero-order chi connectivity index (χ0) is 29.3. The van der Waals surface area contributed by atoms with Crippen molar-refractivity contribution in [2.45, 2.75) is 88.8 Å². The van der Waals surface area contributed by atoms with E-state index in [1.54, 1.807) is 26.8 Å². The zero-order valence-electron chi connectivity index (χ0n) is 23.5. The number of carbonyl (C=O) groups is 4. The number of nitrogens with one attached hydrogen (secondary N) is 2. The Bertz CT molecular complexity index is 1050. The molecule has 0 aromatic heterocycles. The molecule has 1 saturated carbocycles. The summed E-state index contributed by atoms with van der Waals surface area (Å²) >= 11 is 0. The highest BCUT2D eigenvalue weighted by Gasteiger charge is 2.54. The summed E-state index contributed by atoms with van der Waals surface area (Å²) in [6.45, 7) is 9.88. The molecule has 0 radical (unpaired) electrons. The Labute approximate surface area is 235 Å². The second-order valence-corrected chi connectivity index (χ2v) is 11.2. The molecular formula is C29H41N3O8. The number of nitrogens with zero attached hydrogens (tertiary/aromatic N) is 1. The lowest BCUT2D eigenvalue weighted by molar-refractivity contribution is -0.145. The number of amides is 3. The Kier molecular flexibility index (Phi) is 10.7. The van der Waals surface area contributed by atoms with Gasteiger partial charge >= 0.3 is 12.1 Å². The number of carboxylic acid groups (broad SMARTS) is 1. The molecule has 40 heavy (non-hydrogen) atoms. The molecule has 0 unspecified atom stereocenters. The Morgan fingerprint density at radius 1 is 1.20 bits per heavy atom. The summed E-state index contributed by atoms with van der Waals surface area (Å²) < 4.78 is 16.9. The largest absolute Gasteiger partial charge is 0.480 e. The summed E-state index contributed by atoms with van der Waals surface area (Å²) in [5.41, 5.74) is -1.13. The third kappa shape index (κ3) is 9.06. The van der Waals surface area contributed by atoms with Gasteiger partial charge < -0.3 is 34.9 Å². The summed E-state index contributed by atoms with van der Waals surface area (Å²) in [6.07, 6.45) is 1.97. The molecule has 0 bridgehead atoms. The average Bonchev–Trinajstić information content (AvgIpc) is 3.55. The van der Waals surface area contributed by atoms with Gasteiger partial charge in [-0.3, -0.25) is 9.59 Å². The molecule has 3 N–H and O–H groups in total. The Morgan fingerprint density at radius 3 is 2.50 bits per heavy atom. The normalized spacial score (nSPS) is 20.3. The van der Waals surface area contributed by atoms with Crippen LogP contribution in [-0.2, 0) is 35.2 Å². The third-order valence-corrected chi connectivity index (χ3v) is 6.71. The van der Waals surface area contributed by atoms with Gasteiger partial charge in [0.1, 0.15) is 23.2 Å². The first-order chi connectivity index (χ1) is 18.9. The predicted molar refractivity (Wildman–Crippen MR) is 146 cm³/mol. The van der Waals surface area contributed by atoms with Crippen LogP contribution in [0.3, 0.4) is 0 Å². The summed E-state index contributed by atoms with van der Waals surface area (Å²) in [4.78, 5) is 52.9. The number of carbonyl (C=O) groups excluding carboxylic acids is 3. The molecule has 2 aliphatic rings. The fourth-order valence-corrected chi connectivity index (χ4v) is 4.50. The maximum absolute atomic E-state index is 13.9. The maximum atomic E-state index is 13.9. The lowest BCUT2D eigenvalue weighted by atomic mass is 10.1. The Morgan fingerprint density at radius 2 is 1.90 bits per heavy atom. The van der Waals surface area contributed by atoms with E-state index >= 15 is 0 Å². The van der Waals surface area contributed by atoms with Crippen LogP contribution >= 0.6 is 0 Å². The first-order valence-corrected chi connectivity index (χ1v) is 13.6. The summed E-state index contributed by atoms with van der Waals surface area (Å²) in [7, 11) is 0. The summed E-state index contributed by atoms with van der Waals surface area (Å²) in [6, 6.07) is 7.58. The molecule has 3 atom stereocenters. The van der Waals surface area contributed by atoms with E-state index in [2.05, 4.69) is 17.2 Å². The van der Waals surface area contributed by atoms with Gasteiger partial charge in [0.2, 0.25) is 11.8 Å². The zero-order valence-corrected chi connectivity index (χ0v) is 23.5. The van der Waals surface area contributed by atoms with Gasteiger partial charge in [0.25, 0.3) is 0 Å². The molecular weight excluding hydrogens is 518 g/mol. The number of alkyl carbamates (subject to hydrolysis) is 1. The predicted octanol–water partition coefficient (Wildman–Crippen LogP) is 2.78. The Balaban J connectivity index is 1.77. The maximum Gasteiger partial charge on any atom is 0.408 e. The number of rotatable bonds is 14. The van der Waals surface area contributed by atoms with E-state index in [0.29, 0.717) is 39.1 Å². The van der Waals surface area contributed by atoms with Gasteiger partial charge in [-0.05, 0) is 52.0 Å². The van der Waals surface area contributed by atoms with Gasteiger partial charge in [-0.25, -0.2) is 9.59 Å². The molecule has 1 aromatic carbocycles. The van der Waals surface area contributed by atoms with Gasteiger partial charge in [-0.1, -0.05) is 36.4 Å². The number of hydrogen-bond acceptors (Lipinski definition) is 7. The number of likely N-dealkylation sites (tertiary alicyclic amines) is 1. The number of hydrogen-bond donors (Lipinski definition) is 3. The highest BCUT2D eigenvalue weighted by molar-refractivity contribution is 5.95. The van der Waals surface area contributed by atoms with Crippen LogP contribution in [0.2, 0.25) is 0 Å². The van der Waals surface area contributed by atoms with E-state index in [4.69, 9.17) is 14.2 Å². The minimum Gasteiger partial charge on any atom is -0.480 e. The van der Waals surface area contributed by atoms with Crippen LogP contribution in [0.5, 0.6) is 0 Å². The Hall–Kier alpha value is -3.44. The van der Waals surface area contributed by atoms with Crippen molar-refractivity contribution in [3.63, 3.8) is 0 Å². The van der Waals surface area contributed by atoms with E-state index in [1.165, 1.54) is 4.90 Å². The number of carboxylic acids is 1. The van der Waals surface area contributed by atoms with E-state index in [9.17, 15) is 24.3 Å². The summed E-state index contributed by atoms with van der Waals surface area (Å²) in [5, 5.41) is 14.9. The molecule has 220 valence electrons. The van der Waals surface area contributed by atoms with Crippen LogP contribution in [0, 0.1) is 0 Å². The monoisotopic (exact) mass is 559 g/mol. The molecule has 1 aromatic rings. The SMILES string of the molecule is C=CCOCCC[C@H](NC(=O)OC(C)(C)C)C(=O)N1C[C@H](OCc2ccccc2)C[C@H]1C(=O)NC1(C(=O)O)CC1. The van der Waals surface area contributed by atoms with Crippen LogP contribution in [-0.4, -0.2) is 83.0 Å². The molecule has 2 fully saturated rings. The van der Waals surface area contributed by atoms with Gasteiger partial charge in [0, 0.05) is 19.6 Å². The second kappa shape index (κ2) is 13.8. The topological polar surface area (TPSA) is 143 Å². The fourth-order valence-electron chi connectivity index (χ4n) is 4.50. The summed E-state index contributed by atoms with van der Waals surface area (Å²) in [5.74, 6) is -2.12. The van der Waals surface area contributed by atoms with Crippen molar-refractivity contribution in [1.29, 1.82) is 0 Å². The van der Waals surface area contributed by atoms with Crippen molar-refractivity contribution in [1.82, 2.24) is 15.5 Å². The highest BCUT2D eigenvalue weighted by atomic mass is 16.6. The molecule has 3 rings (SSSR count). The van der Waals surface area contributed by atoms with Crippen molar-refractivity contribution in [2.75, 3.05) is 19.8 Å². The van der Waals surface area contributed by atoms with Crippen LogP contribution in [0.4, 0.5) is 4.79 Å². The molecule has 3 amide bonds. The van der Waals surface area contributed by atoms with Gasteiger partial charge in [-0.15, -0.1) is 6.58 Å². The third-order valence-electron chi connectivity index (χ3n) is 6.71. The minimum absolute atomic E-state index is 0.114. The van der Waals surface area contributed by atoms with Gasteiger partial charge in [0.05, 0.1) is 19.3 Å². The molecule has 1 heterocycles. The van der Waals surface area contributed by atoms with Crippen molar-refractivity contribution in [3.8, 4) is 0 Å². The van der Waals surface area contributed by atoms with E-state index < -0.39 is 53.2 Å². The van der Waals surface area contributed by atoms with Crippen molar-refractivity contribution < 1.29 is 38.5 Å². The number of aliphatic carboxylic acids is 1. The first kappa shape index (κ1) is 31.1. The lowest BCUT2D eigenvalue weighted by Gasteiger charge is -2.30. The molecule has 11 heteroatoms. The van der Waals surface area contributed by atoms with Crippen LogP contribution < -0.4 is 10.6 Å². The quantitative estimate of drug-likeness (QED) is 0.233. The molecule has 1 aliphatic carbocycles. The lowest BCUT2D eigenvalue weighted by Crippen LogP contribution is -2.56. The van der Waals surface area contributed by atoms with E-state index in [-0.39, 0.29) is 19.4 Å². The van der Waals surface area contributed by atoms with Crippen LogP contribution in [0.15, 0.2) is 43.0 Å². The first-order valence-electron chi connectivity index (χ1n) is 13.6. The van der Waals surface area contributed by atoms with E-state index in [1.807, 2.05) is 30.3 Å². The van der Waals surface area contributed by atoms with Crippen LogP contribution in [0.25, 0.3) is 0 Å². The van der Waals surface area contributed by atoms with Gasteiger partial charge in [0.15, 0.2) is 0 Å². The standard InChI is InChI=1S/C29H41N3O8/c1-5-15-38-16-9-12-22(30-27(37)40-28(2,3)4)25(34)32-18-21(39-19-20-10-7-6-8-11-20)17-23(32)24(33)31-29(13-14-29)26(35)36/h5-8,10-11,21-23H,1,9,12-19H2,2-4H3,(H,30,37)(H,31,33)(H,35,36)/t21-,22+,23+/m1/s1. The van der Waals surface area contributed by atoms with Crippen LogP contribution in [0.1, 0.15) is 58.4 Å². The van der Waals surface area contributed by atoms with E-state index in [0.717, 1.165) is 5.56 Å². The smallest absolute Gasteiger partial charge is 0.408 e. The average molecular weight is 560 g/mol. The number of ether oxygens (including phenoxy) is 3. The molecule has 0 spiro atoms. The highest BCUT2D eigenvalue weighted by Crippen LogP contribution is 2.36. The second-order valence-electron chi connectivity index (χ2n) is 11.2. The van der Waals surface area contributed by atoms with Crippen molar-refractivity contribution >= 4 is 23.9 Å².